The van der Waals surface area contributed by atoms with E-state index in [4.69, 9.17) is 0 Å². The number of carbonyl (C=O) groups is 1. The largest absolute Gasteiger partial charge is 0.350 e. The highest BCUT2D eigenvalue weighted by atomic mass is 16.1. The van der Waals surface area contributed by atoms with E-state index in [9.17, 15) is 4.79 Å². The van der Waals surface area contributed by atoms with Crippen molar-refractivity contribution in [3.05, 3.63) is 52.8 Å². The summed E-state index contributed by atoms with van der Waals surface area (Å²) in [7, 11) is 0. The predicted octanol–water partition coefficient (Wildman–Crippen LogP) is 3.08. The summed E-state index contributed by atoms with van der Waals surface area (Å²) >= 11 is 0. The lowest BCUT2D eigenvalue weighted by Gasteiger charge is -2.18. The van der Waals surface area contributed by atoms with Gasteiger partial charge >= 0.3 is 0 Å². The number of hydrogen-bond donors (Lipinski definition) is 1. The van der Waals surface area contributed by atoms with Crippen LogP contribution >= 0.6 is 0 Å². The van der Waals surface area contributed by atoms with Crippen LogP contribution < -0.4 is 5.32 Å². The van der Waals surface area contributed by atoms with Gasteiger partial charge in [-0.15, -0.1) is 0 Å². The van der Waals surface area contributed by atoms with E-state index >= 15 is 0 Å². The summed E-state index contributed by atoms with van der Waals surface area (Å²) in [4.78, 5) is 12.1. The number of nitrogens with zero attached hydrogens (tertiary/aromatic N) is 2. The van der Waals surface area contributed by atoms with Crippen molar-refractivity contribution >= 4 is 5.91 Å². The van der Waals surface area contributed by atoms with Gasteiger partial charge in [0.05, 0.1) is 12.2 Å². The molecule has 0 saturated heterocycles. The highest BCUT2D eigenvalue weighted by molar-refractivity contribution is 5.76. The Morgan fingerprint density at radius 1 is 1.33 bits per heavy atom. The van der Waals surface area contributed by atoms with Crippen molar-refractivity contribution in [1.82, 2.24) is 15.1 Å². The molecule has 4 nitrogen and oxygen atoms in total. The van der Waals surface area contributed by atoms with E-state index in [-0.39, 0.29) is 11.9 Å². The molecule has 2 rings (SSSR count). The molecule has 0 bridgehead atoms. The van der Waals surface area contributed by atoms with Crippen LogP contribution in [-0.2, 0) is 11.3 Å². The van der Waals surface area contributed by atoms with Crippen molar-refractivity contribution in [2.45, 2.75) is 46.7 Å². The molecule has 0 radical (unpaired) electrons. The second-order valence-electron chi connectivity index (χ2n) is 5.61. The van der Waals surface area contributed by atoms with Crippen molar-refractivity contribution in [2.75, 3.05) is 0 Å². The van der Waals surface area contributed by atoms with E-state index in [0.717, 1.165) is 5.56 Å². The molecule has 1 atom stereocenters. The third kappa shape index (κ3) is 3.94. The van der Waals surface area contributed by atoms with Crippen molar-refractivity contribution in [2.24, 2.45) is 0 Å². The number of benzene rings is 1. The summed E-state index contributed by atoms with van der Waals surface area (Å²) in [5.41, 5.74) is 4.78. The zero-order valence-corrected chi connectivity index (χ0v) is 13.2. The van der Waals surface area contributed by atoms with Gasteiger partial charge < -0.3 is 5.32 Å². The first-order valence-corrected chi connectivity index (χ1v) is 7.32. The molecule has 21 heavy (non-hydrogen) atoms. The highest BCUT2D eigenvalue weighted by Gasteiger charge is 2.12. The fourth-order valence-corrected chi connectivity index (χ4v) is 2.44. The molecule has 0 aliphatic rings. The standard InChI is InChI=1S/C17H23N3O/c1-12-10-18-20(11-12)9-8-17(21)19-15(4)16-7-5-6-13(2)14(16)3/h5-7,10-11,15H,8-9H2,1-4H3,(H,19,21)/t15-/m1/s1. The molecule has 1 heterocycles. The van der Waals surface area contributed by atoms with Crippen LogP contribution in [0.25, 0.3) is 0 Å². The van der Waals surface area contributed by atoms with E-state index in [1.54, 1.807) is 10.9 Å². The maximum absolute atomic E-state index is 12.1. The average molecular weight is 285 g/mol. The van der Waals surface area contributed by atoms with E-state index in [2.05, 4.69) is 36.4 Å². The number of hydrogen-bond acceptors (Lipinski definition) is 2. The van der Waals surface area contributed by atoms with Gasteiger partial charge in [0.1, 0.15) is 0 Å². The Bertz CT molecular complexity index is 631. The Hall–Kier alpha value is -2.10. The minimum absolute atomic E-state index is 0.0248. The van der Waals surface area contributed by atoms with Crippen LogP contribution in [0.3, 0.4) is 0 Å². The molecule has 112 valence electrons. The zero-order valence-electron chi connectivity index (χ0n) is 13.2. The molecular formula is C17H23N3O. The molecule has 0 aliphatic carbocycles. The Morgan fingerprint density at radius 2 is 2.10 bits per heavy atom. The topological polar surface area (TPSA) is 46.9 Å². The third-order valence-electron chi connectivity index (χ3n) is 3.82. The molecule has 1 aromatic carbocycles. The SMILES string of the molecule is Cc1cnn(CCC(=O)N[C@H](C)c2cccc(C)c2C)c1. The number of nitrogens with one attached hydrogen (secondary N) is 1. The Labute approximate surface area is 126 Å². The van der Waals surface area contributed by atoms with Crippen molar-refractivity contribution in [3.63, 3.8) is 0 Å². The smallest absolute Gasteiger partial charge is 0.222 e. The molecular weight excluding hydrogens is 262 g/mol. The van der Waals surface area contributed by atoms with E-state index in [0.29, 0.717) is 13.0 Å². The first-order valence-electron chi connectivity index (χ1n) is 7.32. The normalized spacial score (nSPS) is 12.2. The summed E-state index contributed by atoms with van der Waals surface area (Å²) in [6, 6.07) is 6.22. The van der Waals surface area contributed by atoms with Crippen LogP contribution in [0.4, 0.5) is 0 Å². The molecule has 2 aromatic rings. The van der Waals surface area contributed by atoms with E-state index in [1.165, 1.54) is 16.7 Å². The molecule has 0 aliphatic heterocycles. The molecule has 4 heteroatoms. The number of amides is 1. The van der Waals surface area contributed by atoms with Gasteiger partial charge in [-0.2, -0.15) is 5.10 Å². The first kappa shape index (κ1) is 15.3. The molecule has 1 aromatic heterocycles. The lowest BCUT2D eigenvalue weighted by molar-refractivity contribution is -0.122. The summed E-state index contributed by atoms with van der Waals surface area (Å²) < 4.78 is 1.80. The van der Waals surface area contributed by atoms with Gasteiger partial charge in [-0.05, 0) is 49.9 Å². The van der Waals surface area contributed by atoms with Crippen LogP contribution in [0, 0.1) is 20.8 Å². The summed E-state index contributed by atoms with van der Waals surface area (Å²) in [5.74, 6) is 0.0524. The summed E-state index contributed by atoms with van der Waals surface area (Å²) in [6.07, 6.45) is 4.19. The van der Waals surface area contributed by atoms with Gasteiger partial charge in [-0.3, -0.25) is 9.48 Å². The Morgan fingerprint density at radius 3 is 2.76 bits per heavy atom. The lowest BCUT2D eigenvalue weighted by Crippen LogP contribution is -2.28. The quantitative estimate of drug-likeness (QED) is 0.917. The van der Waals surface area contributed by atoms with Crippen LogP contribution in [0.5, 0.6) is 0 Å². The number of aromatic nitrogens is 2. The van der Waals surface area contributed by atoms with Crippen molar-refractivity contribution in [1.29, 1.82) is 0 Å². The van der Waals surface area contributed by atoms with Crippen molar-refractivity contribution in [3.8, 4) is 0 Å². The van der Waals surface area contributed by atoms with Crippen molar-refractivity contribution < 1.29 is 4.79 Å². The second kappa shape index (κ2) is 6.57. The van der Waals surface area contributed by atoms with Gasteiger partial charge in [0, 0.05) is 19.2 Å². The summed E-state index contributed by atoms with van der Waals surface area (Å²) in [6.45, 7) is 8.82. The second-order valence-corrected chi connectivity index (χ2v) is 5.61. The molecule has 0 unspecified atom stereocenters. The van der Waals surface area contributed by atoms with E-state index < -0.39 is 0 Å². The van der Waals surface area contributed by atoms with Crippen LogP contribution in [0.1, 0.15) is 41.6 Å². The van der Waals surface area contributed by atoms with Gasteiger partial charge in [-0.25, -0.2) is 0 Å². The van der Waals surface area contributed by atoms with Gasteiger partial charge in [-0.1, -0.05) is 18.2 Å². The number of rotatable bonds is 5. The minimum atomic E-state index is 0.0248. The average Bonchev–Trinajstić information content (AvgIpc) is 2.85. The molecule has 1 amide bonds. The van der Waals surface area contributed by atoms with Gasteiger partial charge in [0.2, 0.25) is 5.91 Å². The van der Waals surface area contributed by atoms with Crippen LogP contribution in [0.15, 0.2) is 30.6 Å². The monoisotopic (exact) mass is 285 g/mol. The van der Waals surface area contributed by atoms with Crippen LogP contribution in [0.2, 0.25) is 0 Å². The fourth-order valence-electron chi connectivity index (χ4n) is 2.44. The predicted molar refractivity (Wildman–Crippen MR) is 84.1 cm³/mol. The van der Waals surface area contributed by atoms with E-state index in [1.807, 2.05) is 26.1 Å². The molecule has 0 fully saturated rings. The van der Waals surface area contributed by atoms with Gasteiger partial charge in [0.25, 0.3) is 0 Å². The first-order chi connectivity index (χ1) is 9.97. The maximum atomic E-state index is 12.1. The van der Waals surface area contributed by atoms with Crippen LogP contribution in [-0.4, -0.2) is 15.7 Å². The third-order valence-corrected chi connectivity index (χ3v) is 3.82. The highest BCUT2D eigenvalue weighted by Crippen LogP contribution is 2.20. The van der Waals surface area contributed by atoms with Gasteiger partial charge in [0.15, 0.2) is 0 Å². The Balaban J connectivity index is 1.91. The zero-order chi connectivity index (χ0) is 15.4. The summed E-state index contributed by atoms with van der Waals surface area (Å²) in [5, 5.41) is 7.25. The molecule has 0 spiro atoms. The molecule has 0 saturated carbocycles. The Kier molecular flexibility index (Phi) is 4.78. The fraction of sp³-hybridized carbons (Fsp3) is 0.412. The molecule has 1 N–H and O–H groups in total. The minimum Gasteiger partial charge on any atom is -0.350 e. The maximum Gasteiger partial charge on any atom is 0.222 e. The number of aryl methyl sites for hydroxylation is 3. The number of carbonyl (C=O) groups excluding carboxylic acids is 1. The lowest BCUT2D eigenvalue weighted by atomic mass is 9.98.